The lowest BCUT2D eigenvalue weighted by atomic mass is 10.2. The van der Waals surface area contributed by atoms with Gasteiger partial charge in [-0.2, -0.15) is 0 Å². The zero-order valence-corrected chi connectivity index (χ0v) is 13.7. The SMILES string of the molecule is COCCNCCCc1nnc(-c2ccc(C)nc2C)s1. The molecule has 0 aliphatic carbocycles. The number of hydrogen-bond acceptors (Lipinski definition) is 6. The van der Waals surface area contributed by atoms with Gasteiger partial charge < -0.3 is 10.1 Å². The summed E-state index contributed by atoms with van der Waals surface area (Å²) in [6.45, 7) is 6.64. The summed E-state index contributed by atoms with van der Waals surface area (Å²) in [5.74, 6) is 0. The first kappa shape index (κ1) is 16.0. The summed E-state index contributed by atoms with van der Waals surface area (Å²) in [6, 6.07) is 4.09. The van der Waals surface area contributed by atoms with Gasteiger partial charge in [0.1, 0.15) is 10.0 Å². The highest BCUT2D eigenvalue weighted by Gasteiger charge is 2.09. The molecular formula is C15H22N4OS. The number of aryl methyl sites for hydroxylation is 3. The Labute approximate surface area is 129 Å². The molecule has 0 bridgehead atoms. The average Bonchev–Trinajstić information content (AvgIpc) is 2.91. The van der Waals surface area contributed by atoms with E-state index in [9.17, 15) is 0 Å². The summed E-state index contributed by atoms with van der Waals surface area (Å²) in [5, 5.41) is 13.9. The van der Waals surface area contributed by atoms with E-state index in [0.29, 0.717) is 0 Å². The van der Waals surface area contributed by atoms with Crippen LogP contribution in [0.5, 0.6) is 0 Å². The standard InChI is InChI=1S/C15H22N4OS/c1-11-6-7-13(12(2)17-11)15-19-18-14(21-15)5-4-8-16-9-10-20-3/h6-7,16H,4-5,8-10H2,1-3H3. The number of nitrogens with zero attached hydrogens (tertiary/aromatic N) is 3. The topological polar surface area (TPSA) is 59.9 Å². The Morgan fingerprint density at radius 3 is 2.81 bits per heavy atom. The third-order valence-corrected chi connectivity index (χ3v) is 4.17. The molecule has 0 aliphatic heterocycles. The Bertz CT molecular complexity index is 571. The minimum Gasteiger partial charge on any atom is -0.383 e. The predicted molar refractivity (Wildman–Crippen MR) is 85.7 cm³/mol. The van der Waals surface area contributed by atoms with Crippen LogP contribution in [0, 0.1) is 13.8 Å². The van der Waals surface area contributed by atoms with Gasteiger partial charge in [-0.3, -0.25) is 4.98 Å². The molecule has 0 spiro atoms. The van der Waals surface area contributed by atoms with Gasteiger partial charge in [-0.25, -0.2) is 0 Å². The fourth-order valence-corrected chi connectivity index (χ4v) is 3.00. The van der Waals surface area contributed by atoms with Crippen LogP contribution in [-0.4, -0.2) is 42.0 Å². The van der Waals surface area contributed by atoms with Crippen LogP contribution in [0.3, 0.4) is 0 Å². The highest BCUT2D eigenvalue weighted by Crippen LogP contribution is 2.26. The fraction of sp³-hybridized carbons (Fsp3) is 0.533. The average molecular weight is 306 g/mol. The van der Waals surface area contributed by atoms with Crippen LogP contribution >= 0.6 is 11.3 Å². The van der Waals surface area contributed by atoms with Gasteiger partial charge in [0, 0.05) is 37.0 Å². The highest BCUT2D eigenvalue weighted by molar-refractivity contribution is 7.14. The maximum Gasteiger partial charge on any atom is 0.149 e. The van der Waals surface area contributed by atoms with Gasteiger partial charge in [0.25, 0.3) is 0 Å². The first-order valence-electron chi connectivity index (χ1n) is 7.17. The lowest BCUT2D eigenvalue weighted by Gasteiger charge is -2.02. The molecule has 0 aromatic carbocycles. The number of hydrogen-bond donors (Lipinski definition) is 1. The number of methoxy groups -OCH3 is 1. The Balaban J connectivity index is 1.86. The Morgan fingerprint density at radius 2 is 2.05 bits per heavy atom. The highest BCUT2D eigenvalue weighted by atomic mass is 32.1. The molecule has 2 rings (SSSR count). The van der Waals surface area contributed by atoms with Crippen molar-refractivity contribution < 1.29 is 4.74 Å². The molecule has 2 heterocycles. The van der Waals surface area contributed by atoms with Gasteiger partial charge in [0.05, 0.1) is 6.61 Å². The van der Waals surface area contributed by atoms with Crippen LogP contribution in [0.4, 0.5) is 0 Å². The quantitative estimate of drug-likeness (QED) is 0.759. The van der Waals surface area contributed by atoms with Crippen LogP contribution in [0.1, 0.15) is 22.8 Å². The molecule has 5 nitrogen and oxygen atoms in total. The van der Waals surface area contributed by atoms with E-state index in [1.807, 2.05) is 19.9 Å². The zero-order valence-electron chi connectivity index (χ0n) is 12.8. The Kier molecular flexibility index (Phi) is 6.22. The molecule has 0 saturated carbocycles. The van der Waals surface area contributed by atoms with Crippen molar-refractivity contribution in [2.24, 2.45) is 0 Å². The lowest BCUT2D eigenvalue weighted by Crippen LogP contribution is -2.20. The number of rotatable bonds is 8. The fourth-order valence-electron chi connectivity index (χ4n) is 2.04. The van der Waals surface area contributed by atoms with Crippen molar-refractivity contribution in [1.82, 2.24) is 20.5 Å². The number of pyridine rings is 1. The third-order valence-electron chi connectivity index (χ3n) is 3.15. The first-order chi connectivity index (χ1) is 10.2. The maximum absolute atomic E-state index is 4.99. The van der Waals surface area contributed by atoms with E-state index in [4.69, 9.17) is 4.74 Å². The van der Waals surface area contributed by atoms with Gasteiger partial charge in [-0.15, -0.1) is 10.2 Å². The second kappa shape index (κ2) is 8.17. The largest absolute Gasteiger partial charge is 0.383 e. The molecule has 6 heteroatoms. The second-order valence-corrected chi connectivity index (χ2v) is 5.99. The minimum atomic E-state index is 0.753. The molecule has 114 valence electrons. The van der Waals surface area contributed by atoms with E-state index < -0.39 is 0 Å². The Hall–Kier alpha value is -1.37. The van der Waals surface area contributed by atoms with Gasteiger partial charge >= 0.3 is 0 Å². The van der Waals surface area contributed by atoms with Gasteiger partial charge in [-0.05, 0) is 38.9 Å². The van der Waals surface area contributed by atoms with Crippen molar-refractivity contribution in [3.63, 3.8) is 0 Å². The lowest BCUT2D eigenvalue weighted by molar-refractivity contribution is 0.199. The summed E-state index contributed by atoms with van der Waals surface area (Å²) < 4.78 is 4.99. The van der Waals surface area contributed by atoms with Crippen molar-refractivity contribution in [2.75, 3.05) is 26.8 Å². The van der Waals surface area contributed by atoms with E-state index in [2.05, 4.69) is 26.6 Å². The molecule has 0 unspecified atom stereocenters. The second-order valence-electron chi connectivity index (χ2n) is 4.93. The van der Waals surface area contributed by atoms with Crippen molar-refractivity contribution in [2.45, 2.75) is 26.7 Å². The van der Waals surface area contributed by atoms with Crippen LogP contribution < -0.4 is 5.32 Å². The van der Waals surface area contributed by atoms with Crippen molar-refractivity contribution in [1.29, 1.82) is 0 Å². The summed E-state index contributed by atoms with van der Waals surface area (Å²) >= 11 is 1.66. The molecule has 0 atom stereocenters. The van der Waals surface area contributed by atoms with Crippen molar-refractivity contribution in [3.8, 4) is 10.6 Å². The predicted octanol–water partition coefficient (Wildman–Crippen LogP) is 2.39. The van der Waals surface area contributed by atoms with Gasteiger partial charge in [0.15, 0.2) is 0 Å². The third kappa shape index (κ3) is 4.84. The molecule has 0 fully saturated rings. The van der Waals surface area contributed by atoms with E-state index in [1.165, 1.54) is 0 Å². The molecule has 0 radical (unpaired) electrons. The molecule has 0 saturated heterocycles. The van der Waals surface area contributed by atoms with E-state index in [0.717, 1.165) is 59.5 Å². The number of ether oxygens (including phenoxy) is 1. The van der Waals surface area contributed by atoms with Crippen LogP contribution in [0.25, 0.3) is 10.6 Å². The summed E-state index contributed by atoms with van der Waals surface area (Å²) in [4.78, 5) is 4.48. The molecular weight excluding hydrogens is 284 g/mol. The van der Waals surface area contributed by atoms with Crippen molar-refractivity contribution in [3.05, 3.63) is 28.5 Å². The Morgan fingerprint density at radius 1 is 1.19 bits per heavy atom. The van der Waals surface area contributed by atoms with Crippen LogP contribution in [0.15, 0.2) is 12.1 Å². The molecule has 0 amide bonds. The van der Waals surface area contributed by atoms with Gasteiger partial charge in [-0.1, -0.05) is 11.3 Å². The molecule has 1 N–H and O–H groups in total. The minimum absolute atomic E-state index is 0.753. The first-order valence-corrected chi connectivity index (χ1v) is 7.99. The molecule has 21 heavy (non-hydrogen) atoms. The number of nitrogens with one attached hydrogen (secondary N) is 1. The molecule has 2 aromatic rings. The zero-order chi connectivity index (χ0) is 15.1. The van der Waals surface area contributed by atoms with Crippen molar-refractivity contribution >= 4 is 11.3 Å². The van der Waals surface area contributed by atoms with Gasteiger partial charge in [0.2, 0.25) is 0 Å². The van der Waals surface area contributed by atoms with Crippen LogP contribution in [-0.2, 0) is 11.2 Å². The summed E-state index contributed by atoms with van der Waals surface area (Å²) in [7, 11) is 1.71. The van der Waals surface area contributed by atoms with E-state index >= 15 is 0 Å². The normalized spacial score (nSPS) is 11.0. The van der Waals surface area contributed by atoms with E-state index in [1.54, 1.807) is 18.4 Å². The monoisotopic (exact) mass is 306 g/mol. The molecule has 2 aromatic heterocycles. The maximum atomic E-state index is 4.99. The number of aromatic nitrogens is 3. The van der Waals surface area contributed by atoms with E-state index in [-0.39, 0.29) is 0 Å². The van der Waals surface area contributed by atoms with Crippen LogP contribution in [0.2, 0.25) is 0 Å². The summed E-state index contributed by atoms with van der Waals surface area (Å²) in [5.41, 5.74) is 3.13. The molecule has 0 aliphatic rings. The summed E-state index contributed by atoms with van der Waals surface area (Å²) in [6.07, 6.45) is 2.01. The smallest absolute Gasteiger partial charge is 0.149 e.